The van der Waals surface area contributed by atoms with Gasteiger partial charge in [-0.1, -0.05) is 75.6 Å². The van der Waals surface area contributed by atoms with Crippen LogP contribution in [0.4, 0.5) is 0 Å². The lowest BCUT2D eigenvalue weighted by Crippen LogP contribution is -2.39. The average Bonchev–Trinajstić information content (AvgIpc) is 2.74. The fourth-order valence-electron chi connectivity index (χ4n) is 3.39. The van der Waals surface area contributed by atoms with E-state index in [1.54, 1.807) is 12.1 Å². The van der Waals surface area contributed by atoms with E-state index in [9.17, 15) is 14.7 Å². The molecule has 1 rings (SSSR count). The Kier molecular flexibility index (Phi) is 15.1. The third-order valence-electron chi connectivity index (χ3n) is 5.27. The number of carboxylic acid groups (broad SMARTS) is 1. The Morgan fingerprint density at radius 3 is 2.10 bits per heavy atom. The molecule has 1 amide bonds. The molecule has 0 radical (unpaired) electrons. The number of halogens is 2. The second kappa shape index (κ2) is 16.7. The molecule has 0 fully saturated rings. The first-order chi connectivity index (χ1) is 14.9. The van der Waals surface area contributed by atoms with Crippen LogP contribution in [0.5, 0.6) is 0 Å². The number of aliphatic carboxylic acids is 1. The number of hydrogen-bond acceptors (Lipinski definition) is 3. The Labute approximate surface area is 202 Å². The highest BCUT2D eigenvalue weighted by Gasteiger charge is 2.25. The lowest BCUT2D eigenvalue weighted by Gasteiger charge is -2.27. The highest BCUT2D eigenvalue weighted by molar-refractivity contribution is 7.99. The van der Waals surface area contributed by atoms with Crippen molar-refractivity contribution in [3.8, 4) is 0 Å². The molecular weight excluding hydrogens is 453 g/mol. The summed E-state index contributed by atoms with van der Waals surface area (Å²) < 4.78 is 0. The number of thioether (sulfide) groups is 1. The van der Waals surface area contributed by atoms with E-state index >= 15 is 0 Å². The molecule has 0 saturated heterocycles. The predicted molar refractivity (Wildman–Crippen MR) is 132 cm³/mol. The summed E-state index contributed by atoms with van der Waals surface area (Å²) in [6.07, 6.45) is 9.25. The van der Waals surface area contributed by atoms with Crippen molar-refractivity contribution in [2.75, 3.05) is 18.8 Å². The summed E-state index contributed by atoms with van der Waals surface area (Å²) in [7, 11) is 0. The van der Waals surface area contributed by atoms with Crippen LogP contribution in [0.3, 0.4) is 0 Å². The molecule has 1 N–H and O–H groups in total. The third-order valence-corrected chi connectivity index (χ3v) is 7.17. The minimum atomic E-state index is -0.866. The largest absolute Gasteiger partial charge is 0.481 e. The summed E-state index contributed by atoms with van der Waals surface area (Å²) in [5.74, 6) is -0.575. The normalized spacial score (nSPS) is 12.0. The Morgan fingerprint density at radius 1 is 0.968 bits per heavy atom. The van der Waals surface area contributed by atoms with Crippen molar-refractivity contribution in [1.29, 1.82) is 0 Å². The smallest absolute Gasteiger partial charge is 0.303 e. The van der Waals surface area contributed by atoms with Gasteiger partial charge in [0, 0.05) is 36.1 Å². The average molecular weight is 491 g/mol. The number of hydrogen-bond donors (Lipinski definition) is 1. The maximum Gasteiger partial charge on any atom is 0.303 e. The molecule has 0 aliphatic rings. The number of carbonyl (C=O) groups is 2. The van der Waals surface area contributed by atoms with Crippen LogP contribution in [0.2, 0.25) is 10.0 Å². The maximum atomic E-state index is 13.4. The van der Waals surface area contributed by atoms with Crippen molar-refractivity contribution in [3.63, 3.8) is 0 Å². The van der Waals surface area contributed by atoms with Gasteiger partial charge >= 0.3 is 5.97 Å². The monoisotopic (exact) mass is 489 g/mol. The molecule has 4 nitrogen and oxygen atoms in total. The van der Waals surface area contributed by atoms with Crippen LogP contribution >= 0.6 is 35.0 Å². The number of carbonyl (C=O) groups excluding carboxylic acids is 1. The fraction of sp³-hybridized carbons (Fsp3) is 0.667. The van der Waals surface area contributed by atoms with Gasteiger partial charge in [-0.2, -0.15) is 0 Å². The van der Waals surface area contributed by atoms with Crippen LogP contribution in [-0.2, 0) is 9.59 Å². The molecule has 7 heteroatoms. The number of unbranched alkanes of at least 4 members (excludes halogenated alkanes) is 6. The summed E-state index contributed by atoms with van der Waals surface area (Å²) in [6, 6.07) is 5.42. The van der Waals surface area contributed by atoms with Crippen molar-refractivity contribution in [2.45, 2.75) is 83.0 Å². The number of carboxylic acids is 1. The molecule has 1 atom stereocenters. The molecule has 0 aliphatic heterocycles. The zero-order valence-corrected chi connectivity index (χ0v) is 21.2. The summed E-state index contributed by atoms with van der Waals surface area (Å²) >= 11 is 13.6. The van der Waals surface area contributed by atoms with Gasteiger partial charge in [0.05, 0.1) is 10.0 Å². The van der Waals surface area contributed by atoms with Gasteiger partial charge in [-0.15, -0.1) is 11.8 Å². The van der Waals surface area contributed by atoms with E-state index in [0.717, 1.165) is 56.5 Å². The van der Waals surface area contributed by atoms with E-state index in [4.69, 9.17) is 23.2 Å². The van der Waals surface area contributed by atoms with E-state index in [1.807, 2.05) is 11.0 Å². The zero-order valence-electron chi connectivity index (χ0n) is 18.9. The SMILES string of the molecule is CCCCCCN(CCCCCC)C(=O)C(CCC(=O)O)CSc1ccc(Cl)c(Cl)c1. The summed E-state index contributed by atoms with van der Waals surface area (Å²) in [5.41, 5.74) is 0. The third kappa shape index (κ3) is 12.1. The summed E-state index contributed by atoms with van der Waals surface area (Å²) in [4.78, 5) is 27.5. The van der Waals surface area contributed by atoms with Gasteiger partial charge in [0.25, 0.3) is 0 Å². The van der Waals surface area contributed by atoms with Crippen LogP contribution in [0.1, 0.15) is 78.1 Å². The first-order valence-corrected chi connectivity index (χ1v) is 13.2. The highest BCUT2D eigenvalue weighted by atomic mass is 35.5. The standard InChI is InChI=1S/C24H37Cl2NO3S/c1-3-5-7-9-15-27(16-10-8-6-4-2)24(30)19(11-14-23(28)29)18-31-20-12-13-21(25)22(26)17-20/h12-13,17,19H,3-11,14-16,18H2,1-2H3,(H,28,29). The topological polar surface area (TPSA) is 57.6 Å². The maximum absolute atomic E-state index is 13.4. The van der Waals surface area contributed by atoms with Crippen LogP contribution in [0.25, 0.3) is 0 Å². The van der Waals surface area contributed by atoms with Gasteiger partial charge in [-0.05, 0) is 37.5 Å². The lowest BCUT2D eigenvalue weighted by molar-refractivity contribution is -0.138. The van der Waals surface area contributed by atoms with Gasteiger partial charge in [0.15, 0.2) is 0 Å². The summed E-state index contributed by atoms with van der Waals surface area (Å²) in [6.45, 7) is 5.86. The van der Waals surface area contributed by atoms with Crippen LogP contribution in [0, 0.1) is 5.92 Å². The van der Waals surface area contributed by atoms with Crippen LogP contribution in [-0.4, -0.2) is 40.7 Å². The molecule has 176 valence electrons. The molecule has 1 unspecified atom stereocenters. The van der Waals surface area contributed by atoms with E-state index in [2.05, 4.69) is 13.8 Å². The Morgan fingerprint density at radius 2 is 1.58 bits per heavy atom. The second-order valence-corrected chi connectivity index (χ2v) is 9.87. The van der Waals surface area contributed by atoms with Crippen LogP contribution in [0.15, 0.2) is 23.1 Å². The number of nitrogens with zero attached hydrogens (tertiary/aromatic N) is 1. The first-order valence-electron chi connectivity index (χ1n) is 11.5. The molecule has 0 aliphatic carbocycles. The van der Waals surface area contributed by atoms with Crippen molar-refractivity contribution in [2.24, 2.45) is 5.92 Å². The Balaban J connectivity index is 2.82. The van der Waals surface area contributed by atoms with E-state index in [-0.39, 0.29) is 18.2 Å². The molecule has 1 aromatic carbocycles. The van der Waals surface area contributed by atoms with E-state index in [1.165, 1.54) is 24.6 Å². The Hall–Kier alpha value is -0.910. The molecule has 1 aromatic rings. The number of benzene rings is 1. The van der Waals surface area contributed by atoms with Crippen LogP contribution < -0.4 is 0 Å². The number of amides is 1. The summed E-state index contributed by atoms with van der Waals surface area (Å²) in [5, 5.41) is 10.1. The molecule has 31 heavy (non-hydrogen) atoms. The quantitative estimate of drug-likeness (QED) is 0.181. The highest BCUT2D eigenvalue weighted by Crippen LogP contribution is 2.30. The molecular formula is C24H37Cl2NO3S. The van der Waals surface area contributed by atoms with Gasteiger partial charge < -0.3 is 10.0 Å². The molecule has 0 heterocycles. The zero-order chi connectivity index (χ0) is 23.1. The fourth-order valence-corrected chi connectivity index (χ4v) is 4.82. The van der Waals surface area contributed by atoms with Gasteiger partial charge in [0.1, 0.15) is 0 Å². The second-order valence-electron chi connectivity index (χ2n) is 7.96. The Bertz CT molecular complexity index is 660. The molecule has 0 bridgehead atoms. The molecule has 0 spiro atoms. The van der Waals surface area contributed by atoms with E-state index < -0.39 is 5.97 Å². The van der Waals surface area contributed by atoms with Crippen molar-refractivity contribution >= 4 is 46.8 Å². The van der Waals surface area contributed by atoms with Crippen molar-refractivity contribution in [3.05, 3.63) is 28.2 Å². The minimum absolute atomic E-state index is 0.00213. The van der Waals surface area contributed by atoms with E-state index in [0.29, 0.717) is 22.2 Å². The lowest BCUT2D eigenvalue weighted by atomic mass is 10.0. The first kappa shape index (κ1) is 28.1. The van der Waals surface area contributed by atoms with Crippen molar-refractivity contribution < 1.29 is 14.7 Å². The molecule has 0 aromatic heterocycles. The van der Waals surface area contributed by atoms with Gasteiger partial charge in [0.2, 0.25) is 5.91 Å². The van der Waals surface area contributed by atoms with Gasteiger partial charge in [-0.3, -0.25) is 9.59 Å². The van der Waals surface area contributed by atoms with Gasteiger partial charge in [-0.25, -0.2) is 0 Å². The number of rotatable bonds is 17. The minimum Gasteiger partial charge on any atom is -0.481 e. The van der Waals surface area contributed by atoms with Crippen molar-refractivity contribution in [1.82, 2.24) is 4.90 Å². The predicted octanol–water partition coefficient (Wildman–Crippen LogP) is 7.56. The molecule has 0 saturated carbocycles.